The van der Waals surface area contributed by atoms with Gasteiger partial charge in [0.1, 0.15) is 8.07 Å². The highest BCUT2D eigenvalue weighted by Gasteiger charge is 2.50. The lowest BCUT2D eigenvalue weighted by Crippen LogP contribution is -2.68. The predicted octanol–water partition coefficient (Wildman–Crippen LogP) is 9.16. The third kappa shape index (κ3) is 4.25. The molecule has 0 unspecified atom stereocenters. The van der Waals surface area contributed by atoms with Crippen LogP contribution in [0.15, 0.2) is 170 Å². The van der Waals surface area contributed by atoms with E-state index in [9.17, 15) is 0 Å². The highest BCUT2D eigenvalue weighted by Crippen LogP contribution is 2.47. The first-order valence-corrected chi connectivity index (χ1v) is 20.7. The average Bonchev–Trinajstić information content (AvgIpc) is 3.20. The summed E-state index contributed by atoms with van der Waals surface area (Å²) in [5.74, 6) is 0. The van der Waals surface area contributed by atoms with E-state index in [-0.39, 0.29) is 6.71 Å². The Kier molecular flexibility index (Phi) is 6.87. The first kappa shape index (κ1) is 30.1. The number of benzene rings is 7. The van der Waals surface area contributed by atoms with Crippen molar-refractivity contribution in [1.29, 1.82) is 0 Å². The summed E-state index contributed by atoms with van der Waals surface area (Å²) >= 11 is 0. The lowest BCUT2D eigenvalue weighted by atomic mass is 9.33. The van der Waals surface area contributed by atoms with Gasteiger partial charge in [-0.15, -0.1) is 0 Å². The van der Waals surface area contributed by atoms with Crippen molar-refractivity contribution in [2.45, 2.75) is 25.9 Å². The second-order valence-electron chi connectivity index (χ2n) is 14.0. The van der Waals surface area contributed by atoms with Crippen molar-refractivity contribution in [3.05, 3.63) is 170 Å². The molecule has 7 aromatic rings. The molecule has 0 aliphatic carbocycles. The van der Waals surface area contributed by atoms with Crippen LogP contribution in [0.4, 0.5) is 51.2 Å². The molecule has 0 bridgehead atoms. The van der Waals surface area contributed by atoms with Crippen LogP contribution in [0.25, 0.3) is 0 Å². The summed E-state index contributed by atoms with van der Waals surface area (Å²) in [4.78, 5) is 7.59. The van der Waals surface area contributed by atoms with E-state index in [4.69, 9.17) is 0 Å². The van der Waals surface area contributed by atoms with Gasteiger partial charge in [-0.1, -0.05) is 123 Å². The van der Waals surface area contributed by atoms with Crippen LogP contribution in [0.3, 0.4) is 0 Å². The Morgan fingerprint density at radius 1 is 0.471 bits per heavy atom. The van der Waals surface area contributed by atoms with E-state index in [0.717, 1.165) is 12.1 Å². The van der Waals surface area contributed by atoms with Crippen LogP contribution >= 0.6 is 0 Å². The molecular weight excluding hydrogens is 633 g/mol. The predicted molar refractivity (Wildman–Crippen MR) is 221 cm³/mol. The van der Waals surface area contributed by atoms with Gasteiger partial charge in [-0.3, -0.25) is 0 Å². The molecule has 244 valence electrons. The normalized spacial score (nSPS) is 14.3. The second-order valence-corrected chi connectivity index (χ2v) is 18.6. The van der Waals surface area contributed by atoms with Crippen LogP contribution in [0.1, 0.15) is 13.8 Å². The molecule has 51 heavy (non-hydrogen) atoms. The number of anilines is 9. The number of nitrogens with zero attached hydrogens (tertiary/aromatic N) is 3. The van der Waals surface area contributed by atoms with Crippen molar-refractivity contribution in [2.75, 3.05) is 14.7 Å². The maximum atomic E-state index is 2.64. The highest BCUT2D eigenvalue weighted by molar-refractivity contribution is 7.07. The Morgan fingerprint density at radius 3 is 1.69 bits per heavy atom. The van der Waals surface area contributed by atoms with Crippen LogP contribution in [-0.4, -0.2) is 14.8 Å². The number of fused-ring (bicyclic) bond motifs is 6. The average molecular weight is 672 g/mol. The van der Waals surface area contributed by atoms with Crippen LogP contribution < -0.4 is 41.5 Å². The molecule has 3 aliphatic heterocycles. The third-order valence-corrected chi connectivity index (χ3v) is 16.9. The maximum Gasteiger partial charge on any atom is 0.252 e. The largest absolute Gasteiger partial charge is 0.312 e. The molecule has 0 N–H and O–H groups in total. The van der Waals surface area contributed by atoms with Crippen LogP contribution in [-0.2, 0) is 0 Å². The van der Waals surface area contributed by atoms with Crippen molar-refractivity contribution in [3.63, 3.8) is 0 Å². The summed E-state index contributed by atoms with van der Waals surface area (Å²) in [6.07, 6.45) is 0. The van der Waals surface area contributed by atoms with E-state index >= 15 is 0 Å². The molecule has 10 rings (SSSR count). The third-order valence-electron chi connectivity index (χ3n) is 11.7. The van der Waals surface area contributed by atoms with E-state index in [1.54, 1.807) is 10.4 Å². The van der Waals surface area contributed by atoms with E-state index in [1.807, 2.05) is 0 Å². The molecule has 5 heteroatoms. The Morgan fingerprint density at radius 2 is 1.02 bits per heavy atom. The van der Waals surface area contributed by atoms with Gasteiger partial charge in [0.25, 0.3) is 6.71 Å². The molecule has 3 heterocycles. The zero-order valence-electron chi connectivity index (χ0n) is 29.0. The minimum absolute atomic E-state index is 0.0800. The van der Waals surface area contributed by atoms with E-state index in [0.29, 0.717) is 0 Å². The molecule has 3 nitrogen and oxygen atoms in total. The van der Waals surface area contributed by atoms with Gasteiger partial charge in [-0.2, -0.15) is 0 Å². The van der Waals surface area contributed by atoms with Crippen molar-refractivity contribution < 1.29 is 0 Å². The minimum Gasteiger partial charge on any atom is -0.312 e. The zero-order valence-corrected chi connectivity index (χ0v) is 30.0. The van der Waals surface area contributed by atoms with Crippen LogP contribution in [0, 0.1) is 0 Å². The molecule has 0 fully saturated rings. The van der Waals surface area contributed by atoms with Gasteiger partial charge in [-0.25, -0.2) is 0 Å². The molecule has 0 saturated heterocycles. The standard InChI is InChI=1S/C46H38BN3Si/c1-3-51(4-2)43-30-17-16-27-40(43)50-42-29-18-28-41-45(42)47(37-25-14-15-26-39(37)49(41)35-23-12-7-13-24-35)38-31-36(32-44(51)46(38)50)48(33-19-8-5-9-20-33)34-21-10-6-11-22-34/h5-32H,3-4H2,1-2H3. The molecule has 0 radical (unpaired) electrons. The zero-order chi connectivity index (χ0) is 34.1. The summed E-state index contributed by atoms with van der Waals surface area (Å²) in [6, 6.07) is 65.5. The Bertz CT molecular complexity index is 2390. The fourth-order valence-corrected chi connectivity index (χ4v) is 14.0. The second kappa shape index (κ2) is 11.6. The fourth-order valence-electron chi connectivity index (χ4n) is 9.43. The van der Waals surface area contributed by atoms with Gasteiger partial charge < -0.3 is 14.7 Å². The summed E-state index contributed by atoms with van der Waals surface area (Å²) in [6.45, 7) is 4.96. The van der Waals surface area contributed by atoms with Crippen molar-refractivity contribution in [1.82, 2.24) is 0 Å². The van der Waals surface area contributed by atoms with E-state index < -0.39 is 8.07 Å². The number of hydrogen-bond acceptors (Lipinski definition) is 3. The topological polar surface area (TPSA) is 9.72 Å². The minimum atomic E-state index is -2.20. The molecule has 0 saturated carbocycles. The van der Waals surface area contributed by atoms with Gasteiger partial charge in [0, 0.05) is 51.2 Å². The van der Waals surface area contributed by atoms with Crippen LogP contribution in [0.5, 0.6) is 0 Å². The van der Waals surface area contributed by atoms with E-state index in [1.165, 1.54) is 67.6 Å². The highest BCUT2D eigenvalue weighted by atomic mass is 28.3. The van der Waals surface area contributed by atoms with Gasteiger partial charge in [-0.05, 0) is 99.6 Å². The summed E-state index contributed by atoms with van der Waals surface area (Å²) in [5, 5.41) is 3.10. The monoisotopic (exact) mass is 671 g/mol. The van der Waals surface area contributed by atoms with Gasteiger partial charge in [0.15, 0.2) is 0 Å². The molecule has 0 atom stereocenters. The summed E-state index contributed by atoms with van der Waals surface area (Å²) in [5.41, 5.74) is 15.4. The van der Waals surface area contributed by atoms with Crippen molar-refractivity contribution in [3.8, 4) is 0 Å². The Balaban J connectivity index is 1.34. The number of para-hydroxylation sites is 5. The molecular formula is C46H38BN3Si. The molecule has 7 aromatic carbocycles. The maximum absolute atomic E-state index is 2.64. The molecule has 0 spiro atoms. The van der Waals surface area contributed by atoms with Crippen LogP contribution in [0.2, 0.25) is 12.1 Å². The van der Waals surface area contributed by atoms with Gasteiger partial charge >= 0.3 is 0 Å². The number of hydrogen-bond donors (Lipinski definition) is 0. The lowest BCUT2D eigenvalue weighted by molar-refractivity contribution is 1.22. The Hall–Kier alpha value is -5.78. The quantitative estimate of drug-likeness (QED) is 0.163. The molecule has 0 aromatic heterocycles. The first-order valence-electron chi connectivity index (χ1n) is 18.3. The Labute approximate surface area is 302 Å². The van der Waals surface area contributed by atoms with Gasteiger partial charge in [0.2, 0.25) is 0 Å². The van der Waals surface area contributed by atoms with Gasteiger partial charge in [0.05, 0.1) is 0 Å². The summed E-state index contributed by atoms with van der Waals surface area (Å²) < 4.78 is 0. The van der Waals surface area contributed by atoms with Crippen molar-refractivity contribution >= 4 is 92.7 Å². The van der Waals surface area contributed by atoms with Crippen molar-refractivity contribution in [2.24, 2.45) is 0 Å². The lowest BCUT2D eigenvalue weighted by Gasteiger charge is -2.50. The first-order chi connectivity index (χ1) is 25.2. The fraction of sp³-hybridized carbons (Fsp3) is 0.0870. The number of rotatable bonds is 6. The van der Waals surface area contributed by atoms with E-state index in [2.05, 4.69) is 198 Å². The summed E-state index contributed by atoms with van der Waals surface area (Å²) in [7, 11) is -2.20. The smallest absolute Gasteiger partial charge is 0.252 e. The SMILES string of the molecule is CC[Si]1(CC)c2ccccc2N2c3cccc4c3B(c3ccccc3N4c3ccccc3)c3cc(N(c4ccccc4)c4ccccc4)cc1c32. The molecule has 0 amide bonds. The molecule has 3 aliphatic rings.